The number of hydrogen-bond acceptors (Lipinski definition) is 4. The van der Waals surface area contributed by atoms with Crippen LogP contribution in [0.3, 0.4) is 0 Å². The van der Waals surface area contributed by atoms with E-state index >= 15 is 0 Å². The van der Waals surface area contributed by atoms with Gasteiger partial charge in [0, 0.05) is 22.7 Å². The number of aryl methyl sites for hydroxylation is 2. The average Bonchev–Trinajstić information content (AvgIpc) is 2.66. The van der Waals surface area contributed by atoms with Crippen LogP contribution in [0.25, 0.3) is 0 Å². The van der Waals surface area contributed by atoms with Crippen molar-refractivity contribution in [2.45, 2.75) is 31.2 Å². The van der Waals surface area contributed by atoms with Crippen LogP contribution in [0, 0.1) is 13.8 Å². The maximum Gasteiger partial charge on any atom is 0.255 e. The van der Waals surface area contributed by atoms with Crippen LogP contribution in [0.4, 0.5) is 5.69 Å². The third-order valence-electron chi connectivity index (χ3n) is 4.09. The molecule has 0 bridgehead atoms. The Bertz CT molecular complexity index is 983. The summed E-state index contributed by atoms with van der Waals surface area (Å²) in [6.45, 7) is 3.74. The van der Waals surface area contributed by atoms with Gasteiger partial charge < -0.3 is 10.3 Å². The van der Waals surface area contributed by atoms with E-state index in [1.807, 2.05) is 61.5 Å². The normalized spacial score (nSPS) is 10.6. The molecular formula is C21H21N3O2S. The number of benzene rings is 2. The second-order valence-electron chi connectivity index (χ2n) is 6.30. The maximum atomic E-state index is 12.4. The molecule has 0 fully saturated rings. The van der Waals surface area contributed by atoms with Gasteiger partial charge in [0.05, 0.1) is 6.42 Å². The Morgan fingerprint density at radius 1 is 1.07 bits per heavy atom. The Kier molecular flexibility index (Phi) is 6.08. The van der Waals surface area contributed by atoms with Crippen molar-refractivity contribution in [2.24, 2.45) is 0 Å². The van der Waals surface area contributed by atoms with Crippen LogP contribution in [-0.4, -0.2) is 15.9 Å². The van der Waals surface area contributed by atoms with Crippen LogP contribution >= 0.6 is 11.8 Å². The smallest absolute Gasteiger partial charge is 0.255 e. The van der Waals surface area contributed by atoms with E-state index in [1.54, 1.807) is 6.92 Å². The summed E-state index contributed by atoms with van der Waals surface area (Å²) in [5.41, 5.74) is 3.69. The molecule has 0 aliphatic carbocycles. The van der Waals surface area contributed by atoms with Gasteiger partial charge in [0.15, 0.2) is 5.16 Å². The number of aromatic nitrogens is 2. The fourth-order valence-corrected chi connectivity index (χ4v) is 3.45. The fourth-order valence-electron chi connectivity index (χ4n) is 2.59. The van der Waals surface area contributed by atoms with Crippen LogP contribution in [-0.2, 0) is 17.0 Å². The number of aromatic amines is 1. The molecule has 3 rings (SSSR count). The molecule has 0 unspecified atom stereocenters. The topological polar surface area (TPSA) is 74.8 Å². The monoisotopic (exact) mass is 379 g/mol. The first-order valence-corrected chi connectivity index (χ1v) is 9.63. The Labute approximate surface area is 162 Å². The van der Waals surface area contributed by atoms with Crippen molar-refractivity contribution in [3.63, 3.8) is 0 Å². The van der Waals surface area contributed by atoms with Crippen molar-refractivity contribution < 1.29 is 4.79 Å². The maximum absolute atomic E-state index is 12.4. The average molecular weight is 379 g/mol. The molecule has 6 heteroatoms. The Balaban J connectivity index is 1.66. The highest BCUT2D eigenvalue weighted by Crippen LogP contribution is 2.19. The van der Waals surface area contributed by atoms with Crippen molar-refractivity contribution in [2.75, 3.05) is 5.32 Å². The van der Waals surface area contributed by atoms with Crippen molar-refractivity contribution in [1.29, 1.82) is 0 Å². The summed E-state index contributed by atoms with van der Waals surface area (Å²) in [6.07, 6.45) is -0.00826. The van der Waals surface area contributed by atoms with E-state index in [9.17, 15) is 9.59 Å². The van der Waals surface area contributed by atoms with Gasteiger partial charge in [0.25, 0.3) is 5.56 Å². The number of rotatable bonds is 6. The van der Waals surface area contributed by atoms with E-state index in [4.69, 9.17) is 0 Å². The molecular weight excluding hydrogens is 358 g/mol. The van der Waals surface area contributed by atoms with E-state index in [0.29, 0.717) is 22.1 Å². The summed E-state index contributed by atoms with van der Waals surface area (Å²) in [6, 6.07) is 17.5. The fraction of sp³-hybridized carbons (Fsp3) is 0.190. The summed E-state index contributed by atoms with van der Waals surface area (Å²) < 4.78 is 0. The Morgan fingerprint density at radius 3 is 2.44 bits per heavy atom. The first-order chi connectivity index (χ1) is 13.0. The van der Waals surface area contributed by atoms with Crippen molar-refractivity contribution in [3.8, 4) is 0 Å². The highest BCUT2D eigenvalue weighted by molar-refractivity contribution is 7.98. The lowest BCUT2D eigenvalue weighted by Gasteiger charge is -2.08. The van der Waals surface area contributed by atoms with Gasteiger partial charge in [-0.25, -0.2) is 4.98 Å². The van der Waals surface area contributed by atoms with Crippen molar-refractivity contribution in [3.05, 3.63) is 87.3 Å². The lowest BCUT2D eigenvalue weighted by Crippen LogP contribution is -2.23. The zero-order valence-electron chi connectivity index (χ0n) is 15.3. The van der Waals surface area contributed by atoms with Gasteiger partial charge in [-0.1, -0.05) is 59.8 Å². The van der Waals surface area contributed by atoms with E-state index in [-0.39, 0.29) is 17.9 Å². The van der Waals surface area contributed by atoms with Crippen LogP contribution in [0.5, 0.6) is 0 Å². The van der Waals surface area contributed by atoms with E-state index < -0.39 is 0 Å². The lowest BCUT2D eigenvalue weighted by molar-refractivity contribution is -0.115. The number of nitrogens with zero attached hydrogens (tertiary/aromatic N) is 1. The van der Waals surface area contributed by atoms with Gasteiger partial charge in [-0.05, 0) is 31.5 Å². The van der Waals surface area contributed by atoms with Crippen LogP contribution in [0.2, 0.25) is 0 Å². The lowest BCUT2D eigenvalue weighted by atomic mass is 10.1. The molecule has 0 aliphatic rings. The number of nitrogens with one attached hydrogen (secondary N) is 2. The molecule has 27 heavy (non-hydrogen) atoms. The number of H-pyrrole nitrogens is 1. The van der Waals surface area contributed by atoms with E-state index in [2.05, 4.69) is 15.3 Å². The van der Waals surface area contributed by atoms with Gasteiger partial charge in [-0.15, -0.1) is 0 Å². The van der Waals surface area contributed by atoms with Gasteiger partial charge >= 0.3 is 0 Å². The molecule has 0 saturated carbocycles. The summed E-state index contributed by atoms with van der Waals surface area (Å²) in [5, 5.41) is 3.37. The molecule has 2 aromatic carbocycles. The number of hydrogen-bond donors (Lipinski definition) is 2. The van der Waals surface area contributed by atoms with Gasteiger partial charge in [-0.2, -0.15) is 0 Å². The van der Waals surface area contributed by atoms with E-state index in [0.717, 1.165) is 16.9 Å². The largest absolute Gasteiger partial charge is 0.326 e. The highest BCUT2D eigenvalue weighted by Gasteiger charge is 2.13. The molecule has 1 amide bonds. The Hall–Kier alpha value is -2.86. The number of amides is 1. The predicted molar refractivity (Wildman–Crippen MR) is 109 cm³/mol. The van der Waals surface area contributed by atoms with Gasteiger partial charge in [0.2, 0.25) is 5.91 Å². The molecule has 1 aromatic heterocycles. The number of carbonyl (C=O) groups excluding carboxylic acids is 1. The van der Waals surface area contributed by atoms with Gasteiger partial charge in [0.1, 0.15) is 0 Å². The summed E-state index contributed by atoms with van der Waals surface area (Å²) >= 11 is 1.47. The summed E-state index contributed by atoms with van der Waals surface area (Å²) in [5.74, 6) is 0.482. The number of thioether (sulfide) groups is 1. The molecule has 5 nitrogen and oxygen atoms in total. The second kappa shape index (κ2) is 8.68. The summed E-state index contributed by atoms with van der Waals surface area (Å²) in [7, 11) is 0. The predicted octanol–water partition coefficient (Wildman–Crippen LogP) is 3.86. The third kappa shape index (κ3) is 5.31. The molecule has 0 spiro atoms. The quantitative estimate of drug-likeness (QED) is 0.504. The molecule has 2 N–H and O–H groups in total. The van der Waals surface area contributed by atoms with Crippen LogP contribution in [0.1, 0.15) is 22.4 Å². The van der Waals surface area contributed by atoms with Crippen molar-refractivity contribution in [1.82, 2.24) is 9.97 Å². The highest BCUT2D eigenvalue weighted by atomic mass is 32.2. The Morgan fingerprint density at radius 2 is 1.78 bits per heavy atom. The van der Waals surface area contributed by atoms with Crippen LogP contribution < -0.4 is 10.9 Å². The minimum absolute atomic E-state index is 0.00826. The molecule has 138 valence electrons. The van der Waals surface area contributed by atoms with Gasteiger partial charge in [-0.3, -0.25) is 9.59 Å². The molecule has 0 aliphatic heterocycles. The molecule has 0 radical (unpaired) electrons. The minimum Gasteiger partial charge on any atom is -0.326 e. The molecule has 3 aromatic rings. The van der Waals surface area contributed by atoms with E-state index in [1.165, 1.54) is 11.8 Å². The SMILES string of the molecule is Cc1ccc(NC(=O)Cc2c(C)nc(SCc3ccccc3)[nH]c2=O)cc1. The first kappa shape index (κ1) is 18.9. The minimum atomic E-state index is -0.267. The zero-order chi connectivity index (χ0) is 19.2. The zero-order valence-corrected chi connectivity index (χ0v) is 16.1. The molecule has 0 saturated heterocycles. The number of carbonyl (C=O) groups is 1. The van der Waals surface area contributed by atoms with Crippen molar-refractivity contribution >= 4 is 23.4 Å². The molecule has 0 atom stereocenters. The number of anilines is 1. The van der Waals surface area contributed by atoms with Crippen LogP contribution in [0.15, 0.2) is 64.5 Å². The second-order valence-corrected chi connectivity index (χ2v) is 7.26. The molecule has 1 heterocycles. The third-order valence-corrected chi connectivity index (χ3v) is 5.04. The summed E-state index contributed by atoms with van der Waals surface area (Å²) in [4.78, 5) is 31.9. The standard InChI is InChI=1S/C21H21N3O2S/c1-14-8-10-17(11-9-14)23-19(25)12-18-15(2)22-21(24-20(18)26)27-13-16-6-4-3-5-7-16/h3-11H,12-13H2,1-2H3,(H,23,25)(H,22,24,26). The first-order valence-electron chi connectivity index (χ1n) is 8.64.